The van der Waals surface area contributed by atoms with Gasteiger partial charge in [0.25, 0.3) is 0 Å². The number of rotatable bonds is 1. The van der Waals surface area contributed by atoms with Crippen molar-refractivity contribution in [1.29, 1.82) is 0 Å². The molecule has 1 unspecified atom stereocenters. The molecule has 0 aromatic heterocycles. The highest BCUT2D eigenvalue weighted by atomic mass is 19.1. The van der Waals surface area contributed by atoms with Crippen molar-refractivity contribution in [1.82, 2.24) is 0 Å². The maximum Gasteiger partial charge on any atom is 0.247 e. The second-order valence-electron chi connectivity index (χ2n) is 5.66. The smallest absolute Gasteiger partial charge is 0.247 e. The van der Waals surface area contributed by atoms with Gasteiger partial charge in [-0.3, -0.25) is 4.79 Å². The Kier molecular flexibility index (Phi) is 3.17. The molecule has 1 aliphatic heterocycles. The molecule has 4 heteroatoms. The van der Waals surface area contributed by atoms with Crippen LogP contribution in [-0.4, -0.2) is 11.9 Å². The van der Waals surface area contributed by atoms with Crippen LogP contribution in [0.15, 0.2) is 12.1 Å². The minimum absolute atomic E-state index is 0.0253. The van der Waals surface area contributed by atoms with Gasteiger partial charge in [0.2, 0.25) is 5.91 Å². The van der Waals surface area contributed by atoms with Crippen LogP contribution in [0.4, 0.5) is 15.8 Å². The van der Waals surface area contributed by atoms with E-state index < -0.39 is 0 Å². The van der Waals surface area contributed by atoms with Gasteiger partial charge in [0.15, 0.2) is 0 Å². The molecule has 0 radical (unpaired) electrons. The summed E-state index contributed by atoms with van der Waals surface area (Å²) >= 11 is 0. The summed E-state index contributed by atoms with van der Waals surface area (Å²) < 4.78 is 13.5. The Hall–Kier alpha value is -1.58. The van der Waals surface area contributed by atoms with Crippen molar-refractivity contribution in [2.75, 3.05) is 10.6 Å². The van der Waals surface area contributed by atoms with E-state index in [0.29, 0.717) is 17.2 Å². The van der Waals surface area contributed by atoms with Crippen molar-refractivity contribution in [3.8, 4) is 0 Å². The van der Waals surface area contributed by atoms with E-state index in [2.05, 4.69) is 10.6 Å². The second kappa shape index (κ2) is 4.83. The van der Waals surface area contributed by atoms with E-state index in [1.807, 2.05) is 0 Å². The number of amides is 1. The number of halogens is 1. The number of carbonyl (C=O) groups excluding carboxylic acids is 1. The van der Waals surface area contributed by atoms with E-state index >= 15 is 0 Å². The lowest BCUT2D eigenvalue weighted by Crippen LogP contribution is -2.44. The van der Waals surface area contributed by atoms with Crippen LogP contribution in [0.2, 0.25) is 0 Å². The summed E-state index contributed by atoms with van der Waals surface area (Å²) in [5.74, 6) is 0.0897. The molecule has 19 heavy (non-hydrogen) atoms. The van der Waals surface area contributed by atoms with Gasteiger partial charge in [-0.2, -0.15) is 0 Å². The molecule has 2 aliphatic rings. The van der Waals surface area contributed by atoms with Crippen LogP contribution in [0.5, 0.6) is 0 Å². The van der Waals surface area contributed by atoms with E-state index in [1.54, 1.807) is 13.0 Å². The fourth-order valence-corrected chi connectivity index (χ4v) is 3.15. The fourth-order valence-electron chi connectivity index (χ4n) is 3.15. The third-order valence-corrected chi connectivity index (χ3v) is 4.27. The summed E-state index contributed by atoms with van der Waals surface area (Å²) in [6.07, 6.45) is 5.86. The molecule has 1 atom stereocenters. The highest BCUT2D eigenvalue weighted by Gasteiger charge is 2.33. The summed E-state index contributed by atoms with van der Waals surface area (Å²) in [4.78, 5) is 12.2. The highest BCUT2D eigenvalue weighted by Crippen LogP contribution is 2.35. The second-order valence-corrected chi connectivity index (χ2v) is 5.66. The van der Waals surface area contributed by atoms with Crippen molar-refractivity contribution < 1.29 is 9.18 Å². The van der Waals surface area contributed by atoms with E-state index in [4.69, 9.17) is 0 Å². The van der Waals surface area contributed by atoms with Crippen LogP contribution in [0.1, 0.15) is 37.7 Å². The Morgan fingerprint density at radius 3 is 2.63 bits per heavy atom. The van der Waals surface area contributed by atoms with Crippen molar-refractivity contribution in [2.45, 2.75) is 45.1 Å². The van der Waals surface area contributed by atoms with Gasteiger partial charge in [0.1, 0.15) is 11.9 Å². The Morgan fingerprint density at radius 1 is 1.16 bits per heavy atom. The molecule has 1 aliphatic carbocycles. The lowest BCUT2D eigenvalue weighted by Gasteiger charge is -2.34. The number of nitrogens with one attached hydrogen (secondary N) is 2. The first kappa shape index (κ1) is 12.5. The van der Waals surface area contributed by atoms with Crippen molar-refractivity contribution >= 4 is 17.3 Å². The van der Waals surface area contributed by atoms with Crippen LogP contribution < -0.4 is 10.6 Å². The van der Waals surface area contributed by atoms with Gasteiger partial charge in [0.05, 0.1) is 11.4 Å². The van der Waals surface area contributed by atoms with Crippen LogP contribution in [-0.2, 0) is 4.79 Å². The molecule has 0 bridgehead atoms. The van der Waals surface area contributed by atoms with E-state index in [-0.39, 0.29) is 17.8 Å². The summed E-state index contributed by atoms with van der Waals surface area (Å²) in [5, 5.41) is 6.14. The summed E-state index contributed by atoms with van der Waals surface area (Å²) in [5.41, 5.74) is 2.00. The molecular weight excluding hydrogens is 243 g/mol. The summed E-state index contributed by atoms with van der Waals surface area (Å²) in [7, 11) is 0. The Bertz CT molecular complexity index is 509. The predicted molar refractivity (Wildman–Crippen MR) is 73.8 cm³/mol. The Labute approximate surface area is 112 Å². The SMILES string of the molecule is Cc1cc2c(cc1F)NC(=O)C(C1CCCCC1)N2. The molecule has 0 saturated heterocycles. The van der Waals surface area contributed by atoms with E-state index in [1.165, 1.54) is 25.3 Å². The maximum absolute atomic E-state index is 13.5. The number of benzene rings is 1. The average Bonchev–Trinajstić information content (AvgIpc) is 2.41. The van der Waals surface area contributed by atoms with Crippen LogP contribution in [0.25, 0.3) is 0 Å². The van der Waals surface area contributed by atoms with Crippen LogP contribution in [0, 0.1) is 18.7 Å². The predicted octanol–water partition coefficient (Wildman–Crippen LogP) is 3.45. The zero-order chi connectivity index (χ0) is 13.4. The Balaban J connectivity index is 1.86. The Morgan fingerprint density at radius 2 is 1.89 bits per heavy atom. The van der Waals surface area contributed by atoms with E-state index in [9.17, 15) is 9.18 Å². The first-order valence-electron chi connectivity index (χ1n) is 7.02. The normalized spacial score (nSPS) is 23.5. The van der Waals surface area contributed by atoms with Gasteiger partial charge in [-0.05, 0) is 43.4 Å². The number of hydrogen-bond acceptors (Lipinski definition) is 2. The molecule has 1 amide bonds. The van der Waals surface area contributed by atoms with Gasteiger partial charge < -0.3 is 10.6 Å². The van der Waals surface area contributed by atoms with Crippen LogP contribution >= 0.6 is 0 Å². The largest absolute Gasteiger partial charge is 0.372 e. The third-order valence-electron chi connectivity index (χ3n) is 4.27. The quantitative estimate of drug-likeness (QED) is 0.814. The number of anilines is 2. The van der Waals surface area contributed by atoms with Gasteiger partial charge in [0, 0.05) is 0 Å². The standard InChI is InChI=1S/C15H19FN2O/c1-9-7-12-13(8-11(9)16)18-15(19)14(17-12)10-5-3-2-4-6-10/h7-8,10,14,17H,2-6H2,1H3,(H,18,19). The minimum atomic E-state index is -0.281. The molecule has 3 rings (SSSR count). The molecular formula is C15H19FN2O. The average molecular weight is 262 g/mol. The lowest BCUT2D eigenvalue weighted by atomic mass is 9.82. The highest BCUT2D eigenvalue weighted by molar-refractivity contribution is 6.03. The first-order valence-corrected chi connectivity index (χ1v) is 7.02. The first-order chi connectivity index (χ1) is 9.15. The number of carbonyl (C=O) groups is 1. The molecule has 3 nitrogen and oxygen atoms in total. The monoisotopic (exact) mass is 262 g/mol. The van der Waals surface area contributed by atoms with Crippen LogP contribution in [0.3, 0.4) is 0 Å². The number of aryl methyl sites for hydroxylation is 1. The minimum Gasteiger partial charge on any atom is -0.372 e. The van der Waals surface area contributed by atoms with Gasteiger partial charge in [-0.25, -0.2) is 4.39 Å². The molecule has 2 N–H and O–H groups in total. The maximum atomic E-state index is 13.5. The molecule has 1 aromatic rings. The molecule has 1 saturated carbocycles. The van der Waals surface area contributed by atoms with Gasteiger partial charge in [-0.1, -0.05) is 19.3 Å². The number of hydrogen-bond donors (Lipinski definition) is 2. The molecule has 0 spiro atoms. The molecule has 1 heterocycles. The zero-order valence-electron chi connectivity index (χ0n) is 11.1. The van der Waals surface area contributed by atoms with Crippen molar-refractivity contribution in [3.63, 3.8) is 0 Å². The van der Waals surface area contributed by atoms with Gasteiger partial charge in [-0.15, -0.1) is 0 Å². The van der Waals surface area contributed by atoms with Crippen molar-refractivity contribution in [3.05, 3.63) is 23.5 Å². The van der Waals surface area contributed by atoms with E-state index in [0.717, 1.165) is 18.5 Å². The molecule has 1 aromatic carbocycles. The van der Waals surface area contributed by atoms with Crippen molar-refractivity contribution in [2.24, 2.45) is 5.92 Å². The zero-order valence-corrected chi connectivity index (χ0v) is 11.1. The topological polar surface area (TPSA) is 41.1 Å². The molecule has 1 fully saturated rings. The lowest BCUT2D eigenvalue weighted by molar-refractivity contribution is -0.118. The fraction of sp³-hybridized carbons (Fsp3) is 0.533. The number of fused-ring (bicyclic) bond motifs is 1. The summed E-state index contributed by atoms with van der Waals surface area (Å²) in [6.45, 7) is 1.74. The third kappa shape index (κ3) is 2.31. The summed E-state index contributed by atoms with van der Waals surface area (Å²) in [6, 6.07) is 3.00. The van der Waals surface area contributed by atoms with Gasteiger partial charge >= 0.3 is 0 Å². The molecule has 102 valence electrons.